The van der Waals surface area contributed by atoms with E-state index in [9.17, 15) is 18.0 Å². The Kier molecular flexibility index (Phi) is 3.77. The number of nitrogens with one attached hydrogen (secondary N) is 1. The van der Waals surface area contributed by atoms with Crippen molar-refractivity contribution in [3.05, 3.63) is 56.9 Å². The first kappa shape index (κ1) is 15.8. The molecule has 0 atom stereocenters. The first-order chi connectivity index (χ1) is 10.7. The lowest BCUT2D eigenvalue weighted by Gasteiger charge is -2.09. The van der Waals surface area contributed by atoms with Gasteiger partial charge in [-0.3, -0.25) is 4.57 Å². The Morgan fingerprint density at radius 1 is 1.04 bits per heavy atom. The van der Waals surface area contributed by atoms with Crippen molar-refractivity contribution in [1.29, 1.82) is 0 Å². The number of hydrogen-bond acceptors (Lipinski definition) is 2. The van der Waals surface area contributed by atoms with Gasteiger partial charge in [0.1, 0.15) is 5.75 Å². The molecule has 0 fully saturated rings. The van der Waals surface area contributed by atoms with Crippen molar-refractivity contribution in [2.75, 3.05) is 0 Å². The zero-order valence-electron chi connectivity index (χ0n) is 11.1. The molecular weight excluding hydrogens is 356 g/mol. The molecule has 3 aromatic rings. The van der Waals surface area contributed by atoms with Gasteiger partial charge in [0.2, 0.25) is 0 Å². The molecule has 0 aliphatic heterocycles. The molecule has 0 bridgehead atoms. The molecule has 0 saturated carbocycles. The first-order valence-corrected chi connectivity index (χ1v) is 6.96. The van der Waals surface area contributed by atoms with Gasteiger partial charge in [0.05, 0.1) is 26.8 Å². The van der Waals surface area contributed by atoms with Crippen LogP contribution in [-0.2, 0) is 0 Å². The van der Waals surface area contributed by atoms with Crippen molar-refractivity contribution < 1.29 is 17.9 Å². The number of ether oxygens (including phenoxy) is 1. The van der Waals surface area contributed by atoms with Crippen molar-refractivity contribution in [2.24, 2.45) is 0 Å². The number of nitrogens with zero attached hydrogens (tertiary/aromatic N) is 1. The minimum Gasteiger partial charge on any atom is -0.406 e. The lowest BCUT2D eigenvalue weighted by molar-refractivity contribution is -0.274. The quantitative estimate of drug-likeness (QED) is 0.728. The summed E-state index contributed by atoms with van der Waals surface area (Å²) in [5.41, 5.74) is 0.797. The van der Waals surface area contributed by atoms with Crippen molar-refractivity contribution in [3.8, 4) is 11.4 Å². The number of aromatic amines is 1. The van der Waals surface area contributed by atoms with E-state index < -0.39 is 12.1 Å². The second kappa shape index (κ2) is 5.50. The number of fused-ring (bicyclic) bond motifs is 1. The SMILES string of the molecule is O=c1[nH]c2cc(Cl)c(Cl)cc2n1-c1ccc(OC(F)(F)F)cc1. The number of rotatable bonds is 2. The number of halogens is 5. The Morgan fingerprint density at radius 3 is 2.26 bits per heavy atom. The molecule has 120 valence electrons. The van der Waals surface area contributed by atoms with Gasteiger partial charge >= 0.3 is 12.1 Å². The lowest BCUT2D eigenvalue weighted by atomic mass is 10.2. The average Bonchev–Trinajstić information content (AvgIpc) is 2.74. The van der Waals surface area contributed by atoms with E-state index in [1.807, 2.05) is 0 Å². The predicted molar refractivity (Wildman–Crippen MR) is 80.6 cm³/mol. The molecule has 1 N–H and O–H groups in total. The number of imidazole rings is 1. The zero-order valence-corrected chi connectivity index (χ0v) is 12.6. The van der Waals surface area contributed by atoms with E-state index in [2.05, 4.69) is 9.72 Å². The van der Waals surface area contributed by atoms with E-state index in [1.54, 1.807) is 0 Å². The van der Waals surface area contributed by atoms with Gasteiger partial charge in [0.15, 0.2) is 0 Å². The van der Waals surface area contributed by atoms with E-state index in [0.29, 0.717) is 16.7 Å². The highest BCUT2D eigenvalue weighted by atomic mass is 35.5. The summed E-state index contributed by atoms with van der Waals surface area (Å²) in [5.74, 6) is -0.379. The number of alkyl halides is 3. The van der Waals surface area contributed by atoms with Crippen LogP contribution in [0.15, 0.2) is 41.2 Å². The molecule has 0 aliphatic carbocycles. The van der Waals surface area contributed by atoms with Crippen LogP contribution in [0.4, 0.5) is 13.2 Å². The smallest absolute Gasteiger partial charge is 0.406 e. The Bertz CT molecular complexity index is 930. The topological polar surface area (TPSA) is 47.0 Å². The maximum absolute atomic E-state index is 12.2. The number of H-pyrrole nitrogens is 1. The molecule has 1 heterocycles. The molecule has 3 rings (SSSR count). The zero-order chi connectivity index (χ0) is 16.8. The summed E-state index contributed by atoms with van der Waals surface area (Å²) in [6.07, 6.45) is -4.77. The van der Waals surface area contributed by atoms with Crippen LogP contribution in [0.5, 0.6) is 5.75 Å². The molecule has 23 heavy (non-hydrogen) atoms. The van der Waals surface area contributed by atoms with Crippen molar-refractivity contribution >= 4 is 34.2 Å². The first-order valence-electron chi connectivity index (χ1n) is 6.20. The Labute approximate surface area is 137 Å². The molecule has 0 amide bonds. The normalized spacial score (nSPS) is 11.9. The number of benzene rings is 2. The summed E-state index contributed by atoms with van der Waals surface area (Å²) >= 11 is 11.8. The number of aromatic nitrogens is 2. The minimum atomic E-state index is -4.77. The van der Waals surface area contributed by atoms with Crippen LogP contribution in [0, 0.1) is 0 Å². The summed E-state index contributed by atoms with van der Waals surface area (Å²) in [6.45, 7) is 0. The molecule has 0 unspecified atom stereocenters. The number of hydrogen-bond donors (Lipinski definition) is 1. The minimum absolute atomic E-state index is 0.254. The van der Waals surface area contributed by atoms with E-state index >= 15 is 0 Å². The monoisotopic (exact) mass is 362 g/mol. The van der Waals surface area contributed by atoms with Gasteiger partial charge in [-0.15, -0.1) is 13.2 Å². The maximum Gasteiger partial charge on any atom is 0.573 e. The average molecular weight is 363 g/mol. The van der Waals surface area contributed by atoms with Gasteiger partial charge in [0, 0.05) is 0 Å². The summed E-state index contributed by atoms with van der Waals surface area (Å²) in [4.78, 5) is 14.7. The molecule has 2 aromatic carbocycles. The predicted octanol–water partition coefficient (Wildman–Crippen LogP) is 4.52. The molecular formula is C14H7Cl2F3N2O2. The van der Waals surface area contributed by atoms with Crippen LogP contribution in [0.3, 0.4) is 0 Å². The third-order valence-electron chi connectivity index (χ3n) is 3.05. The summed E-state index contributed by atoms with van der Waals surface area (Å²) in [5, 5.41) is 0.533. The van der Waals surface area contributed by atoms with Crippen molar-refractivity contribution in [1.82, 2.24) is 9.55 Å². The molecule has 9 heteroatoms. The molecule has 0 saturated heterocycles. The molecule has 0 radical (unpaired) electrons. The van der Waals surface area contributed by atoms with Crippen LogP contribution in [0.25, 0.3) is 16.7 Å². The fourth-order valence-electron chi connectivity index (χ4n) is 2.16. The van der Waals surface area contributed by atoms with Gasteiger partial charge in [-0.1, -0.05) is 23.2 Å². The fourth-order valence-corrected chi connectivity index (χ4v) is 2.48. The van der Waals surface area contributed by atoms with Gasteiger partial charge in [0.25, 0.3) is 0 Å². The van der Waals surface area contributed by atoms with Gasteiger partial charge in [-0.2, -0.15) is 0 Å². The van der Waals surface area contributed by atoms with Gasteiger partial charge < -0.3 is 9.72 Å². The van der Waals surface area contributed by atoms with E-state index in [0.717, 1.165) is 12.1 Å². The van der Waals surface area contributed by atoms with E-state index in [1.165, 1.54) is 28.8 Å². The highest BCUT2D eigenvalue weighted by Gasteiger charge is 2.31. The van der Waals surface area contributed by atoms with Crippen LogP contribution >= 0.6 is 23.2 Å². The summed E-state index contributed by atoms with van der Waals surface area (Å²) in [6, 6.07) is 7.89. The van der Waals surface area contributed by atoms with Gasteiger partial charge in [-0.25, -0.2) is 4.79 Å². The van der Waals surface area contributed by atoms with Crippen LogP contribution in [0.1, 0.15) is 0 Å². The Morgan fingerprint density at radius 2 is 1.65 bits per heavy atom. The molecule has 0 aliphatic rings. The highest BCUT2D eigenvalue weighted by Crippen LogP contribution is 2.28. The standard InChI is InChI=1S/C14H7Cl2F3N2O2/c15-9-5-11-12(6-10(9)16)21(13(22)20-11)7-1-3-8(4-2-7)23-14(17,18)19/h1-6H,(H,20,22). The van der Waals surface area contributed by atoms with Crippen molar-refractivity contribution in [2.45, 2.75) is 6.36 Å². The molecule has 0 spiro atoms. The third-order valence-corrected chi connectivity index (χ3v) is 3.77. The van der Waals surface area contributed by atoms with Crippen LogP contribution in [-0.4, -0.2) is 15.9 Å². The fraction of sp³-hybridized carbons (Fsp3) is 0.0714. The summed E-state index contributed by atoms with van der Waals surface area (Å²) in [7, 11) is 0. The highest BCUT2D eigenvalue weighted by molar-refractivity contribution is 6.42. The Hall–Kier alpha value is -2.12. The largest absolute Gasteiger partial charge is 0.573 e. The second-order valence-corrected chi connectivity index (χ2v) is 5.41. The van der Waals surface area contributed by atoms with Crippen LogP contribution in [0.2, 0.25) is 10.0 Å². The second-order valence-electron chi connectivity index (χ2n) is 4.59. The lowest BCUT2D eigenvalue weighted by Crippen LogP contribution is -2.17. The molecule has 1 aromatic heterocycles. The molecule has 4 nitrogen and oxygen atoms in total. The van der Waals surface area contributed by atoms with Crippen LogP contribution < -0.4 is 10.4 Å². The van der Waals surface area contributed by atoms with Crippen molar-refractivity contribution in [3.63, 3.8) is 0 Å². The van der Waals surface area contributed by atoms with Gasteiger partial charge in [-0.05, 0) is 36.4 Å². The maximum atomic E-state index is 12.2. The summed E-state index contributed by atoms with van der Waals surface area (Å²) < 4.78 is 41.5. The van der Waals surface area contributed by atoms with E-state index in [-0.39, 0.29) is 15.8 Å². The third kappa shape index (κ3) is 3.16. The van der Waals surface area contributed by atoms with E-state index in [4.69, 9.17) is 23.2 Å². The Balaban J connectivity index is 2.08.